The molecule has 0 saturated carbocycles. The van der Waals surface area contributed by atoms with Crippen molar-refractivity contribution < 1.29 is 13.9 Å². The zero-order valence-corrected chi connectivity index (χ0v) is 9.00. The predicted octanol–water partition coefficient (Wildman–Crippen LogP) is 2.09. The molecule has 5 nitrogen and oxygen atoms in total. The molecule has 0 aliphatic rings. The Labute approximate surface area is 101 Å². The molecule has 0 aliphatic carbocycles. The number of halogens is 1. The van der Waals surface area contributed by atoms with Crippen molar-refractivity contribution in [1.29, 1.82) is 5.26 Å². The van der Waals surface area contributed by atoms with Gasteiger partial charge in [-0.15, -0.1) is 0 Å². The molecule has 0 atom stereocenters. The lowest BCUT2D eigenvalue weighted by Crippen LogP contribution is -1.95. The van der Waals surface area contributed by atoms with Crippen LogP contribution in [0.5, 0.6) is 11.8 Å². The summed E-state index contributed by atoms with van der Waals surface area (Å²) in [5, 5.41) is 8.59. The maximum Gasteiger partial charge on any atom is 0.322 e. The van der Waals surface area contributed by atoms with E-state index in [0.717, 1.165) is 6.07 Å². The first-order valence-corrected chi connectivity index (χ1v) is 4.87. The van der Waals surface area contributed by atoms with E-state index in [4.69, 9.17) is 10.00 Å². The molecule has 2 aromatic rings. The summed E-state index contributed by atoms with van der Waals surface area (Å²) in [7, 11) is 0. The van der Waals surface area contributed by atoms with E-state index in [-0.39, 0.29) is 17.3 Å². The van der Waals surface area contributed by atoms with Gasteiger partial charge in [-0.05, 0) is 18.2 Å². The number of nitrogens with zero attached hydrogens (tertiary/aromatic N) is 3. The molecule has 0 radical (unpaired) electrons. The molecular weight excluding hydrogens is 237 g/mol. The highest BCUT2D eigenvalue weighted by Crippen LogP contribution is 2.22. The third-order valence-electron chi connectivity index (χ3n) is 2.05. The van der Waals surface area contributed by atoms with Crippen molar-refractivity contribution in [1.82, 2.24) is 9.97 Å². The Morgan fingerprint density at radius 2 is 2.06 bits per heavy atom. The lowest BCUT2D eigenvalue weighted by atomic mass is 10.2. The lowest BCUT2D eigenvalue weighted by molar-refractivity contribution is 0.112. The molecule has 0 amide bonds. The van der Waals surface area contributed by atoms with E-state index in [2.05, 4.69) is 9.97 Å². The summed E-state index contributed by atoms with van der Waals surface area (Å²) >= 11 is 0. The molecule has 1 aromatic carbocycles. The van der Waals surface area contributed by atoms with Crippen molar-refractivity contribution in [2.24, 2.45) is 0 Å². The normalized spacial score (nSPS) is 9.56. The summed E-state index contributed by atoms with van der Waals surface area (Å²) in [5.41, 5.74) is 0.486. The van der Waals surface area contributed by atoms with Crippen LogP contribution in [0.15, 0.2) is 30.6 Å². The topological polar surface area (TPSA) is 75.9 Å². The molecule has 0 fully saturated rings. The minimum absolute atomic E-state index is 0.0794. The van der Waals surface area contributed by atoms with Gasteiger partial charge < -0.3 is 4.74 Å². The fourth-order valence-corrected chi connectivity index (χ4v) is 1.19. The zero-order chi connectivity index (χ0) is 13.0. The van der Waals surface area contributed by atoms with E-state index in [1.165, 1.54) is 24.5 Å². The third kappa shape index (κ3) is 2.47. The van der Waals surface area contributed by atoms with Gasteiger partial charge in [0.1, 0.15) is 0 Å². The van der Waals surface area contributed by atoms with E-state index in [9.17, 15) is 9.18 Å². The Kier molecular flexibility index (Phi) is 3.25. The summed E-state index contributed by atoms with van der Waals surface area (Å²) in [4.78, 5) is 17.9. The highest BCUT2D eigenvalue weighted by Gasteiger charge is 2.07. The molecule has 1 heterocycles. The van der Waals surface area contributed by atoms with Crippen molar-refractivity contribution in [2.45, 2.75) is 0 Å². The van der Waals surface area contributed by atoms with E-state index in [0.29, 0.717) is 11.8 Å². The minimum atomic E-state index is -0.683. The number of hydrogen-bond donors (Lipinski definition) is 0. The molecule has 0 aliphatic heterocycles. The van der Waals surface area contributed by atoms with Crippen LogP contribution in [0.4, 0.5) is 4.39 Å². The Morgan fingerprint density at radius 1 is 1.33 bits per heavy atom. The third-order valence-corrected chi connectivity index (χ3v) is 2.05. The molecular formula is C12H6FN3O2. The SMILES string of the molecule is N#Cc1ccc(Oc2ncc(C=O)cn2)c(F)c1. The van der Waals surface area contributed by atoms with Crippen molar-refractivity contribution in [3.8, 4) is 17.8 Å². The smallest absolute Gasteiger partial charge is 0.322 e. The van der Waals surface area contributed by atoms with Crippen LogP contribution in [-0.2, 0) is 0 Å². The maximum absolute atomic E-state index is 13.5. The first kappa shape index (κ1) is 11.7. The monoisotopic (exact) mass is 243 g/mol. The highest BCUT2D eigenvalue weighted by molar-refractivity contribution is 5.73. The Morgan fingerprint density at radius 3 is 2.61 bits per heavy atom. The maximum atomic E-state index is 13.5. The van der Waals surface area contributed by atoms with Gasteiger partial charge in [-0.3, -0.25) is 4.79 Å². The Bertz CT molecular complexity index is 620. The number of benzene rings is 1. The van der Waals surface area contributed by atoms with Crippen molar-refractivity contribution >= 4 is 6.29 Å². The number of hydrogen-bond acceptors (Lipinski definition) is 5. The van der Waals surface area contributed by atoms with Gasteiger partial charge in [0.2, 0.25) is 0 Å². The fourth-order valence-electron chi connectivity index (χ4n) is 1.19. The fraction of sp³-hybridized carbons (Fsp3) is 0. The minimum Gasteiger partial charge on any atom is -0.421 e. The summed E-state index contributed by atoms with van der Waals surface area (Å²) in [6.45, 7) is 0. The van der Waals surface area contributed by atoms with Crippen LogP contribution < -0.4 is 4.74 Å². The Balaban J connectivity index is 2.23. The standard InChI is InChI=1S/C12H6FN3O2/c13-10-3-8(4-14)1-2-11(10)18-12-15-5-9(7-17)6-16-12/h1-3,5-7H. The molecule has 0 bridgehead atoms. The van der Waals surface area contributed by atoms with Crippen LogP contribution in [0.1, 0.15) is 15.9 Å². The number of nitriles is 1. The number of aromatic nitrogens is 2. The molecule has 88 valence electrons. The molecule has 0 saturated heterocycles. The largest absolute Gasteiger partial charge is 0.421 e. The van der Waals surface area contributed by atoms with Gasteiger partial charge in [0.25, 0.3) is 0 Å². The molecule has 18 heavy (non-hydrogen) atoms. The number of aldehydes is 1. The zero-order valence-electron chi connectivity index (χ0n) is 9.00. The van der Waals surface area contributed by atoms with Crippen LogP contribution in [-0.4, -0.2) is 16.3 Å². The van der Waals surface area contributed by atoms with Crippen LogP contribution in [0.25, 0.3) is 0 Å². The molecule has 0 spiro atoms. The van der Waals surface area contributed by atoms with Crippen molar-refractivity contribution in [3.63, 3.8) is 0 Å². The molecule has 1 aromatic heterocycles. The van der Waals surface area contributed by atoms with Gasteiger partial charge in [0.15, 0.2) is 17.9 Å². The van der Waals surface area contributed by atoms with Gasteiger partial charge in [-0.1, -0.05) is 0 Å². The summed E-state index contributed by atoms with van der Waals surface area (Å²) < 4.78 is 18.6. The van der Waals surface area contributed by atoms with E-state index >= 15 is 0 Å². The molecule has 0 unspecified atom stereocenters. The summed E-state index contributed by atoms with van der Waals surface area (Å²) in [5.74, 6) is -0.773. The van der Waals surface area contributed by atoms with E-state index in [1.54, 1.807) is 0 Å². The summed E-state index contributed by atoms with van der Waals surface area (Å²) in [6, 6.07) is 5.50. The average molecular weight is 243 g/mol. The number of rotatable bonds is 3. The second-order valence-electron chi connectivity index (χ2n) is 3.28. The van der Waals surface area contributed by atoms with Crippen LogP contribution >= 0.6 is 0 Å². The van der Waals surface area contributed by atoms with E-state index < -0.39 is 5.82 Å². The molecule has 0 N–H and O–H groups in total. The second kappa shape index (κ2) is 5.01. The van der Waals surface area contributed by atoms with Crippen molar-refractivity contribution in [2.75, 3.05) is 0 Å². The molecule has 2 rings (SSSR count). The number of carbonyl (C=O) groups excluding carboxylic acids is 1. The second-order valence-corrected chi connectivity index (χ2v) is 3.28. The van der Waals surface area contributed by atoms with Gasteiger partial charge in [0, 0.05) is 12.4 Å². The van der Waals surface area contributed by atoms with Crippen LogP contribution in [0.2, 0.25) is 0 Å². The van der Waals surface area contributed by atoms with E-state index in [1.807, 2.05) is 6.07 Å². The summed E-state index contributed by atoms with van der Waals surface area (Å²) in [6.07, 6.45) is 3.11. The highest BCUT2D eigenvalue weighted by atomic mass is 19.1. The van der Waals surface area contributed by atoms with Crippen LogP contribution in [0.3, 0.4) is 0 Å². The van der Waals surface area contributed by atoms with Gasteiger partial charge in [-0.25, -0.2) is 14.4 Å². The van der Waals surface area contributed by atoms with Gasteiger partial charge >= 0.3 is 6.01 Å². The van der Waals surface area contributed by atoms with Gasteiger partial charge in [-0.2, -0.15) is 5.26 Å². The van der Waals surface area contributed by atoms with Crippen LogP contribution in [0, 0.1) is 17.1 Å². The number of carbonyl (C=O) groups is 1. The first-order chi connectivity index (χ1) is 8.72. The lowest BCUT2D eigenvalue weighted by Gasteiger charge is -2.04. The molecule has 6 heteroatoms. The quantitative estimate of drug-likeness (QED) is 0.771. The predicted molar refractivity (Wildman–Crippen MR) is 58.6 cm³/mol. The van der Waals surface area contributed by atoms with Crippen molar-refractivity contribution in [3.05, 3.63) is 47.5 Å². The Hall–Kier alpha value is -2.81. The average Bonchev–Trinajstić information content (AvgIpc) is 2.42. The van der Waals surface area contributed by atoms with Gasteiger partial charge in [0.05, 0.1) is 17.2 Å². The first-order valence-electron chi connectivity index (χ1n) is 4.87. The number of ether oxygens (including phenoxy) is 1.